The van der Waals surface area contributed by atoms with Crippen LogP contribution in [0.25, 0.3) is 11.0 Å². The number of carbonyl (C=O) groups is 1. The fraction of sp³-hybridized carbons (Fsp3) is 0.211. The van der Waals surface area contributed by atoms with Crippen LogP contribution in [-0.2, 0) is 11.3 Å². The standard InChI is InChI=1S/C19H17NO4/c21-19-16-6-2-4-8-18(16)23-13-20(19)9-10-22-12-15-11-14-5-1-3-7-17(14)24-15/h1-8,11H,9-10,12-13H2. The maximum Gasteiger partial charge on any atom is 0.260 e. The molecule has 1 aliphatic rings. The first-order valence-electron chi connectivity index (χ1n) is 7.87. The molecule has 4 rings (SSSR count). The summed E-state index contributed by atoms with van der Waals surface area (Å²) in [4.78, 5) is 14.0. The second kappa shape index (κ2) is 6.37. The van der Waals surface area contributed by atoms with Crippen molar-refractivity contribution in [2.75, 3.05) is 19.9 Å². The predicted octanol–water partition coefficient (Wildman–Crippen LogP) is 3.44. The number of benzene rings is 2. The summed E-state index contributed by atoms with van der Waals surface area (Å²) in [5.74, 6) is 1.40. The van der Waals surface area contributed by atoms with Crippen molar-refractivity contribution in [3.63, 3.8) is 0 Å². The molecular formula is C19H17NO4. The average Bonchev–Trinajstić information content (AvgIpc) is 3.03. The average molecular weight is 323 g/mol. The lowest BCUT2D eigenvalue weighted by atomic mass is 10.1. The summed E-state index contributed by atoms with van der Waals surface area (Å²) in [5, 5.41) is 1.06. The van der Waals surface area contributed by atoms with Crippen LogP contribution < -0.4 is 4.74 Å². The lowest BCUT2D eigenvalue weighted by molar-refractivity contribution is 0.0339. The molecule has 0 saturated heterocycles. The lowest BCUT2D eigenvalue weighted by Crippen LogP contribution is -2.40. The molecule has 0 spiro atoms. The van der Waals surface area contributed by atoms with Gasteiger partial charge in [0.25, 0.3) is 5.91 Å². The molecule has 1 aromatic heterocycles. The quantitative estimate of drug-likeness (QED) is 0.675. The van der Waals surface area contributed by atoms with Gasteiger partial charge < -0.3 is 18.8 Å². The number of para-hydroxylation sites is 2. The van der Waals surface area contributed by atoms with Gasteiger partial charge in [0, 0.05) is 11.9 Å². The first kappa shape index (κ1) is 14.8. The third kappa shape index (κ3) is 2.86. The van der Waals surface area contributed by atoms with Crippen LogP contribution in [0.3, 0.4) is 0 Å². The molecule has 0 fully saturated rings. The van der Waals surface area contributed by atoms with E-state index in [2.05, 4.69) is 0 Å². The SMILES string of the molecule is O=C1c2ccccc2OCN1CCOCc1cc2ccccc2o1. The van der Waals surface area contributed by atoms with E-state index in [0.717, 1.165) is 16.7 Å². The lowest BCUT2D eigenvalue weighted by Gasteiger charge is -2.28. The third-order valence-electron chi connectivity index (χ3n) is 4.01. The highest BCUT2D eigenvalue weighted by Gasteiger charge is 2.24. The molecule has 0 atom stereocenters. The zero-order valence-corrected chi connectivity index (χ0v) is 13.1. The van der Waals surface area contributed by atoms with Crippen molar-refractivity contribution in [2.24, 2.45) is 0 Å². The molecule has 0 N–H and O–H groups in total. The van der Waals surface area contributed by atoms with Gasteiger partial charge in [-0.25, -0.2) is 0 Å². The number of furan rings is 1. The van der Waals surface area contributed by atoms with Gasteiger partial charge in [-0.3, -0.25) is 4.79 Å². The minimum Gasteiger partial charge on any atom is -0.472 e. The summed E-state index contributed by atoms with van der Waals surface area (Å²) in [7, 11) is 0. The number of hydrogen-bond donors (Lipinski definition) is 0. The van der Waals surface area contributed by atoms with Gasteiger partial charge in [-0.2, -0.15) is 0 Å². The zero-order chi connectivity index (χ0) is 16.4. The Labute approximate surface area is 139 Å². The molecule has 2 heterocycles. The summed E-state index contributed by atoms with van der Waals surface area (Å²) >= 11 is 0. The summed E-state index contributed by atoms with van der Waals surface area (Å²) in [6, 6.07) is 17.1. The van der Waals surface area contributed by atoms with Gasteiger partial charge in [-0.15, -0.1) is 0 Å². The molecule has 1 amide bonds. The molecule has 0 unspecified atom stereocenters. The number of fused-ring (bicyclic) bond motifs is 2. The van der Waals surface area contributed by atoms with Gasteiger partial charge in [0.2, 0.25) is 0 Å². The maximum absolute atomic E-state index is 12.4. The number of carbonyl (C=O) groups excluding carboxylic acids is 1. The van der Waals surface area contributed by atoms with Gasteiger partial charge in [0.15, 0.2) is 6.73 Å². The minimum atomic E-state index is -0.0239. The monoisotopic (exact) mass is 323 g/mol. The molecule has 2 aromatic carbocycles. The summed E-state index contributed by atoms with van der Waals surface area (Å²) in [5.41, 5.74) is 1.45. The molecule has 0 radical (unpaired) electrons. The van der Waals surface area contributed by atoms with Crippen LogP contribution in [0.4, 0.5) is 0 Å². The van der Waals surface area contributed by atoms with Crippen LogP contribution in [0.2, 0.25) is 0 Å². The number of nitrogens with zero attached hydrogens (tertiary/aromatic N) is 1. The van der Waals surface area contributed by atoms with E-state index in [-0.39, 0.29) is 12.6 Å². The molecule has 122 valence electrons. The van der Waals surface area contributed by atoms with E-state index in [1.165, 1.54) is 0 Å². The van der Waals surface area contributed by atoms with E-state index in [0.29, 0.717) is 31.1 Å². The van der Waals surface area contributed by atoms with Crippen molar-refractivity contribution in [1.82, 2.24) is 4.90 Å². The Morgan fingerprint density at radius 1 is 1.08 bits per heavy atom. The topological polar surface area (TPSA) is 51.9 Å². The molecule has 5 heteroatoms. The largest absolute Gasteiger partial charge is 0.472 e. The highest BCUT2D eigenvalue weighted by molar-refractivity contribution is 5.97. The molecule has 5 nitrogen and oxygen atoms in total. The fourth-order valence-corrected chi connectivity index (χ4v) is 2.77. The van der Waals surface area contributed by atoms with Gasteiger partial charge in [0.05, 0.1) is 12.2 Å². The molecule has 0 aliphatic carbocycles. The van der Waals surface area contributed by atoms with Crippen molar-refractivity contribution >= 4 is 16.9 Å². The molecule has 1 aliphatic heterocycles. The number of ether oxygens (including phenoxy) is 2. The second-order valence-electron chi connectivity index (χ2n) is 5.64. The normalized spacial score (nSPS) is 13.8. The van der Waals surface area contributed by atoms with Crippen LogP contribution in [-0.4, -0.2) is 30.7 Å². The molecule has 3 aromatic rings. The Bertz CT molecular complexity index is 837. The number of hydrogen-bond acceptors (Lipinski definition) is 4. The number of rotatable bonds is 5. The van der Waals surface area contributed by atoms with E-state index in [9.17, 15) is 4.79 Å². The Balaban J connectivity index is 1.31. The van der Waals surface area contributed by atoms with Crippen molar-refractivity contribution in [2.45, 2.75) is 6.61 Å². The van der Waals surface area contributed by atoms with Crippen molar-refractivity contribution < 1.29 is 18.7 Å². The van der Waals surface area contributed by atoms with E-state index < -0.39 is 0 Å². The van der Waals surface area contributed by atoms with Gasteiger partial charge in [-0.1, -0.05) is 30.3 Å². The van der Waals surface area contributed by atoms with Crippen LogP contribution in [0, 0.1) is 0 Å². The summed E-state index contributed by atoms with van der Waals surface area (Å²) in [6.45, 7) is 1.54. The smallest absolute Gasteiger partial charge is 0.260 e. The van der Waals surface area contributed by atoms with E-state index >= 15 is 0 Å². The summed E-state index contributed by atoms with van der Waals surface area (Å²) in [6.07, 6.45) is 0. The highest BCUT2D eigenvalue weighted by Crippen LogP contribution is 2.24. The Kier molecular flexibility index (Phi) is 3.92. The summed E-state index contributed by atoms with van der Waals surface area (Å²) < 4.78 is 16.9. The third-order valence-corrected chi connectivity index (χ3v) is 4.01. The van der Waals surface area contributed by atoms with Gasteiger partial charge in [0.1, 0.15) is 23.7 Å². The maximum atomic E-state index is 12.4. The van der Waals surface area contributed by atoms with Crippen molar-refractivity contribution in [1.29, 1.82) is 0 Å². The minimum absolute atomic E-state index is 0.0239. The first-order chi connectivity index (χ1) is 11.8. The van der Waals surface area contributed by atoms with Crippen LogP contribution in [0.5, 0.6) is 5.75 Å². The van der Waals surface area contributed by atoms with Crippen molar-refractivity contribution in [3.8, 4) is 5.75 Å². The molecule has 0 saturated carbocycles. The predicted molar refractivity (Wildman–Crippen MR) is 88.8 cm³/mol. The van der Waals surface area contributed by atoms with Crippen LogP contribution in [0.1, 0.15) is 16.1 Å². The Morgan fingerprint density at radius 3 is 2.83 bits per heavy atom. The molecular weight excluding hydrogens is 306 g/mol. The van der Waals surface area contributed by atoms with E-state index in [4.69, 9.17) is 13.9 Å². The highest BCUT2D eigenvalue weighted by atomic mass is 16.5. The Hall–Kier alpha value is -2.79. The molecule has 24 heavy (non-hydrogen) atoms. The number of amides is 1. The van der Waals surface area contributed by atoms with Gasteiger partial charge in [-0.05, 0) is 24.3 Å². The Morgan fingerprint density at radius 2 is 1.92 bits per heavy atom. The van der Waals surface area contributed by atoms with Gasteiger partial charge >= 0.3 is 0 Å². The fourth-order valence-electron chi connectivity index (χ4n) is 2.77. The van der Waals surface area contributed by atoms with Crippen LogP contribution >= 0.6 is 0 Å². The second-order valence-corrected chi connectivity index (χ2v) is 5.64. The van der Waals surface area contributed by atoms with E-state index in [1.807, 2.05) is 48.5 Å². The van der Waals surface area contributed by atoms with Crippen LogP contribution in [0.15, 0.2) is 59.0 Å². The van der Waals surface area contributed by atoms with E-state index in [1.54, 1.807) is 11.0 Å². The first-order valence-corrected chi connectivity index (χ1v) is 7.87. The van der Waals surface area contributed by atoms with Crippen molar-refractivity contribution in [3.05, 3.63) is 65.9 Å². The zero-order valence-electron chi connectivity index (χ0n) is 13.1. The molecule has 0 bridgehead atoms.